The Bertz CT molecular complexity index is 935. The second kappa shape index (κ2) is 9.10. The highest BCUT2D eigenvalue weighted by molar-refractivity contribution is 7.92. The van der Waals surface area contributed by atoms with Crippen molar-refractivity contribution in [3.63, 3.8) is 0 Å². The molecule has 152 valence electrons. The smallest absolute Gasteiger partial charge is 0.261 e. The van der Waals surface area contributed by atoms with Crippen LogP contribution in [0.25, 0.3) is 0 Å². The van der Waals surface area contributed by atoms with Gasteiger partial charge in [-0.15, -0.1) is 0 Å². The molecule has 6 nitrogen and oxygen atoms in total. The fourth-order valence-corrected chi connectivity index (χ4v) is 4.09. The molecule has 0 aromatic heterocycles. The number of nitrogens with zero attached hydrogens (tertiary/aromatic N) is 1. The largest absolute Gasteiger partial charge is 0.496 e. The topological polar surface area (TPSA) is 75.7 Å². The van der Waals surface area contributed by atoms with Gasteiger partial charge in [0, 0.05) is 13.1 Å². The predicted octanol–water partition coefficient (Wildman–Crippen LogP) is 4.10. The Morgan fingerprint density at radius 1 is 1.11 bits per heavy atom. The van der Waals surface area contributed by atoms with Crippen LogP contribution in [0.5, 0.6) is 5.75 Å². The van der Waals surface area contributed by atoms with Gasteiger partial charge >= 0.3 is 0 Å². The minimum atomic E-state index is -3.87. The van der Waals surface area contributed by atoms with Crippen molar-refractivity contribution in [3.05, 3.63) is 53.6 Å². The number of carbonyl (C=O) groups excluding carboxylic acids is 1. The van der Waals surface area contributed by atoms with E-state index in [4.69, 9.17) is 4.74 Å². The first-order chi connectivity index (χ1) is 13.2. The average Bonchev–Trinajstić information content (AvgIpc) is 2.68. The van der Waals surface area contributed by atoms with Gasteiger partial charge in [0.25, 0.3) is 15.9 Å². The Balaban J connectivity index is 2.43. The second-order valence-corrected chi connectivity index (χ2v) is 8.37. The highest BCUT2D eigenvalue weighted by Gasteiger charge is 2.22. The molecule has 1 N–H and O–H groups in total. The Kier molecular flexibility index (Phi) is 7.07. The second-order valence-electron chi connectivity index (χ2n) is 6.69. The lowest BCUT2D eigenvalue weighted by Gasteiger charge is -2.21. The summed E-state index contributed by atoms with van der Waals surface area (Å²) < 4.78 is 33.9. The fourth-order valence-electron chi connectivity index (χ4n) is 2.97. The molecule has 0 bridgehead atoms. The van der Waals surface area contributed by atoms with E-state index in [2.05, 4.69) is 4.72 Å². The number of rotatable bonds is 8. The Labute approximate surface area is 167 Å². The lowest BCUT2D eigenvalue weighted by Crippen LogP contribution is -2.31. The lowest BCUT2D eigenvalue weighted by molar-refractivity contribution is 0.0774. The van der Waals surface area contributed by atoms with Gasteiger partial charge < -0.3 is 9.64 Å². The first-order valence-electron chi connectivity index (χ1n) is 9.34. The maximum Gasteiger partial charge on any atom is 0.261 e. The number of sulfonamides is 1. The number of carbonyl (C=O) groups is 1. The molecule has 2 aromatic carbocycles. The Hall–Kier alpha value is -2.54. The molecule has 0 spiro atoms. The number of para-hydroxylation sites is 1. The van der Waals surface area contributed by atoms with Gasteiger partial charge in [-0.1, -0.05) is 26.0 Å². The zero-order chi connectivity index (χ0) is 20.9. The summed E-state index contributed by atoms with van der Waals surface area (Å²) in [7, 11) is -2.31. The van der Waals surface area contributed by atoms with Gasteiger partial charge in [0.1, 0.15) is 5.75 Å². The zero-order valence-corrected chi connectivity index (χ0v) is 17.8. The van der Waals surface area contributed by atoms with Crippen molar-refractivity contribution in [2.45, 2.75) is 38.5 Å². The predicted molar refractivity (Wildman–Crippen MR) is 112 cm³/mol. The summed E-state index contributed by atoms with van der Waals surface area (Å²) in [6.07, 6.45) is 0. The molecular weight excluding hydrogens is 376 g/mol. The van der Waals surface area contributed by atoms with Gasteiger partial charge in [-0.05, 0) is 55.7 Å². The third-order valence-electron chi connectivity index (χ3n) is 4.59. The van der Waals surface area contributed by atoms with Crippen LogP contribution >= 0.6 is 0 Å². The van der Waals surface area contributed by atoms with E-state index in [-0.39, 0.29) is 22.4 Å². The van der Waals surface area contributed by atoms with Gasteiger partial charge in [0.15, 0.2) is 0 Å². The standard InChI is InChI=1S/C21H28N2O4S/c1-6-23(7-2)21(24)17-10-8-9-11-19(17)22-28(25,26)16-12-13-20(27-5)18(14-16)15(3)4/h8-15,22H,6-7H2,1-5H3. The SMILES string of the molecule is CCN(CC)C(=O)c1ccccc1NS(=O)(=O)c1ccc(OC)c(C(C)C)c1. The van der Waals surface area contributed by atoms with Crippen LogP contribution in [0.1, 0.15) is 49.5 Å². The maximum atomic E-state index is 13.0. The van der Waals surface area contributed by atoms with Crippen LogP contribution in [0.4, 0.5) is 5.69 Å². The van der Waals surface area contributed by atoms with Crippen molar-refractivity contribution in [2.75, 3.05) is 24.9 Å². The number of anilines is 1. The minimum Gasteiger partial charge on any atom is -0.496 e. The number of amides is 1. The molecule has 2 rings (SSSR count). The number of benzene rings is 2. The van der Waals surface area contributed by atoms with Crippen LogP contribution in [-0.2, 0) is 10.0 Å². The van der Waals surface area contributed by atoms with Crippen LogP contribution in [0.3, 0.4) is 0 Å². The van der Waals surface area contributed by atoms with Crippen molar-refractivity contribution in [3.8, 4) is 5.75 Å². The normalized spacial score (nSPS) is 11.4. The molecule has 0 aliphatic heterocycles. The maximum absolute atomic E-state index is 13.0. The molecule has 7 heteroatoms. The molecule has 0 fully saturated rings. The first kappa shape index (κ1) is 21.8. The summed E-state index contributed by atoms with van der Waals surface area (Å²) in [6.45, 7) is 8.82. The zero-order valence-electron chi connectivity index (χ0n) is 17.0. The molecule has 0 saturated carbocycles. The number of nitrogens with one attached hydrogen (secondary N) is 1. The Morgan fingerprint density at radius 2 is 1.75 bits per heavy atom. The lowest BCUT2D eigenvalue weighted by atomic mass is 10.0. The quantitative estimate of drug-likeness (QED) is 0.719. The summed E-state index contributed by atoms with van der Waals surface area (Å²) in [5, 5.41) is 0. The fraction of sp³-hybridized carbons (Fsp3) is 0.381. The van der Waals surface area contributed by atoms with Crippen LogP contribution < -0.4 is 9.46 Å². The number of methoxy groups -OCH3 is 1. The molecular formula is C21H28N2O4S. The van der Waals surface area contributed by atoms with E-state index in [1.54, 1.807) is 48.4 Å². The highest BCUT2D eigenvalue weighted by Crippen LogP contribution is 2.30. The molecule has 0 aliphatic rings. The van der Waals surface area contributed by atoms with E-state index >= 15 is 0 Å². The Morgan fingerprint density at radius 3 is 2.32 bits per heavy atom. The van der Waals surface area contributed by atoms with Crippen molar-refractivity contribution < 1.29 is 17.9 Å². The van der Waals surface area contributed by atoms with Gasteiger partial charge in [0.05, 0.1) is 23.3 Å². The van der Waals surface area contributed by atoms with Crippen LogP contribution in [0, 0.1) is 0 Å². The molecule has 0 atom stereocenters. The first-order valence-corrected chi connectivity index (χ1v) is 10.8. The highest BCUT2D eigenvalue weighted by atomic mass is 32.2. The van der Waals surface area contributed by atoms with Crippen molar-refractivity contribution >= 4 is 21.6 Å². The summed E-state index contributed by atoms with van der Waals surface area (Å²) in [4.78, 5) is 14.5. The van der Waals surface area contributed by atoms with E-state index in [1.807, 2.05) is 27.7 Å². The van der Waals surface area contributed by atoms with Gasteiger partial charge in [0.2, 0.25) is 0 Å². The van der Waals surface area contributed by atoms with Gasteiger partial charge in [-0.3, -0.25) is 9.52 Å². The van der Waals surface area contributed by atoms with E-state index in [9.17, 15) is 13.2 Å². The van der Waals surface area contributed by atoms with Crippen molar-refractivity contribution in [1.82, 2.24) is 4.90 Å². The van der Waals surface area contributed by atoms with Crippen molar-refractivity contribution in [1.29, 1.82) is 0 Å². The molecule has 1 amide bonds. The van der Waals surface area contributed by atoms with E-state index < -0.39 is 10.0 Å². The van der Waals surface area contributed by atoms with E-state index in [0.717, 1.165) is 5.56 Å². The van der Waals surface area contributed by atoms with Gasteiger partial charge in [-0.25, -0.2) is 8.42 Å². The van der Waals surface area contributed by atoms with Crippen LogP contribution in [0.15, 0.2) is 47.4 Å². The number of hydrogen-bond acceptors (Lipinski definition) is 4. The molecule has 0 aliphatic carbocycles. The van der Waals surface area contributed by atoms with E-state index in [1.165, 1.54) is 6.07 Å². The molecule has 2 aromatic rings. The van der Waals surface area contributed by atoms with E-state index in [0.29, 0.717) is 24.4 Å². The number of hydrogen-bond donors (Lipinski definition) is 1. The molecule has 0 heterocycles. The molecule has 28 heavy (non-hydrogen) atoms. The molecule has 0 unspecified atom stereocenters. The average molecular weight is 405 g/mol. The van der Waals surface area contributed by atoms with Crippen LogP contribution in [0.2, 0.25) is 0 Å². The monoisotopic (exact) mass is 404 g/mol. The van der Waals surface area contributed by atoms with Crippen LogP contribution in [-0.4, -0.2) is 39.4 Å². The summed E-state index contributed by atoms with van der Waals surface area (Å²) in [5.74, 6) is 0.536. The van der Waals surface area contributed by atoms with Crippen molar-refractivity contribution in [2.24, 2.45) is 0 Å². The third kappa shape index (κ3) is 4.65. The molecule has 0 radical (unpaired) electrons. The number of ether oxygens (including phenoxy) is 1. The third-order valence-corrected chi connectivity index (χ3v) is 5.95. The minimum absolute atomic E-state index is 0.0987. The van der Waals surface area contributed by atoms with Gasteiger partial charge in [-0.2, -0.15) is 0 Å². The molecule has 0 saturated heterocycles. The summed E-state index contributed by atoms with van der Waals surface area (Å²) in [6, 6.07) is 11.4. The summed E-state index contributed by atoms with van der Waals surface area (Å²) >= 11 is 0. The summed E-state index contributed by atoms with van der Waals surface area (Å²) in [5.41, 5.74) is 1.39.